The molecule has 0 saturated heterocycles. The predicted molar refractivity (Wildman–Crippen MR) is 71.5 cm³/mol. The van der Waals surface area contributed by atoms with Gasteiger partial charge in [0.15, 0.2) is 12.1 Å². The number of aromatic nitrogens is 3. The molecule has 4 nitrogen and oxygen atoms in total. The summed E-state index contributed by atoms with van der Waals surface area (Å²) in [6, 6.07) is 11.2. The van der Waals surface area contributed by atoms with Crippen molar-refractivity contribution in [3.63, 3.8) is 0 Å². The summed E-state index contributed by atoms with van der Waals surface area (Å²) in [5.41, 5.74) is 1.91. The molecule has 0 radical (unpaired) electrons. The van der Waals surface area contributed by atoms with Gasteiger partial charge in [-0.1, -0.05) is 12.1 Å². The highest BCUT2D eigenvalue weighted by atomic mass is 79.9. The number of carbonyl (C=O) groups excluding carboxylic acids is 1. The van der Waals surface area contributed by atoms with Crippen molar-refractivity contribution in [3.05, 3.63) is 52.9 Å². The zero-order valence-corrected chi connectivity index (χ0v) is 10.8. The number of hydrogen-bond donors (Lipinski definition) is 0. The first-order valence-corrected chi connectivity index (χ1v) is 6.14. The van der Waals surface area contributed by atoms with Crippen LogP contribution in [0.1, 0.15) is 10.5 Å². The van der Waals surface area contributed by atoms with Gasteiger partial charge in [0.25, 0.3) is 0 Å². The van der Waals surface area contributed by atoms with Crippen molar-refractivity contribution in [2.75, 3.05) is 0 Å². The van der Waals surface area contributed by atoms with E-state index in [1.165, 1.54) is 0 Å². The maximum atomic E-state index is 11.1. The van der Waals surface area contributed by atoms with Crippen LogP contribution in [-0.4, -0.2) is 20.7 Å². The molecule has 18 heavy (non-hydrogen) atoms. The molecule has 5 heteroatoms. The Morgan fingerprint density at radius 1 is 1.17 bits per heavy atom. The number of nitrogens with zero attached hydrogens (tertiary/aromatic N) is 3. The molecule has 3 aromatic rings. The molecule has 0 fully saturated rings. The van der Waals surface area contributed by atoms with E-state index in [4.69, 9.17) is 0 Å². The van der Waals surface area contributed by atoms with E-state index in [2.05, 4.69) is 25.9 Å². The number of aldehydes is 1. The molecular formula is C13H8BrN3O. The molecule has 0 unspecified atom stereocenters. The van der Waals surface area contributed by atoms with E-state index >= 15 is 0 Å². The molecule has 0 aliphatic rings. The van der Waals surface area contributed by atoms with Gasteiger partial charge in [0.2, 0.25) is 0 Å². The lowest BCUT2D eigenvalue weighted by molar-refractivity contribution is 0.112. The summed E-state index contributed by atoms with van der Waals surface area (Å²) in [6.07, 6.45) is 2.46. The van der Waals surface area contributed by atoms with Gasteiger partial charge in [-0.25, -0.2) is 4.98 Å². The van der Waals surface area contributed by atoms with E-state index in [-0.39, 0.29) is 0 Å². The van der Waals surface area contributed by atoms with Crippen molar-refractivity contribution < 1.29 is 4.79 Å². The van der Waals surface area contributed by atoms with Crippen molar-refractivity contribution in [2.24, 2.45) is 0 Å². The molecule has 3 heterocycles. The summed E-state index contributed by atoms with van der Waals surface area (Å²) in [5.74, 6) is 0.653. The van der Waals surface area contributed by atoms with E-state index in [0.717, 1.165) is 22.1 Å². The van der Waals surface area contributed by atoms with E-state index in [1.807, 2.05) is 40.8 Å². The SMILES string of the molecule is O=Cc1nc(-c2ccccn2)n2c(Br)cccc12. The monoisotopic (exact) mass is 301 g/mol. The van der Waals surface area contributed by atoms with E-state index in [1.54, 1.807) is 6.20 Å². The molecule has 0 atom stereocenters. The molecule has 0 saturated carbocycles. The van der Waals surface area contributed by atoms with Crippen molar-refractivity contribution in [2.45, 2.75) is 0 Å². The lowest BCUT2D eigenvalue weighted by Crippen LogP contribution is -1.92. The maximum absolute atomic E-state index is 11.1. The summed E-state index contributed by atoms with van der Waals surface area (Å²) in [7, 11) is 0. The molecule has 88 valence electrons. The smallest absolute Gasteiger partial charge is 0.170 e. The van der Waals surface area contributed by atoms with Crippen molar-refractivity contribution in [3.8, 4) is 11.5 Å². The Bertz CT molecular complexity index is 722. The standard InChI is InChI=1S/C13H8BrN3O/c14-12-6-3-5-11-10(8-18)16-13(17(11)12)9-4-1-2-7-15-9/h1-8H. The second-order valence-electron chi connectivity index (χ2n) is 3.72. The summed E-state index contributed by atoms with van der Waals surface area (Å²) in [4.78, 5) is 19.7. The van der Waals surface area contributed by atoms with Crippen LogP contribution in [0.2, 0.25) is 0 Å². The first kappa shape index (κ1) is 11.1. The van der Waals surface area contributed by atoms with Crippen molar-refractivity contribution >= 4 is 27.7 Å². The Morgan fingerprint density at radius 3 is 2.78 bits per heavy atom. The van der Waals surface area contributed by atoms with Crippen LogP contribution in [0.3, 0.4) is 0 Å². The van der Waals surface area contributed by atoms with Crippen LogP contribution >= 0.6 is 15.9 Å². The number of halogens is 1. The minimum absolute atomic E-state index is 0.414. The zero-order valence-electron chi connectivity index (χ0n) is 9.25. The van der Waals surface area contributed by atoms with Gasteiger partial charge in [0.1, 0.15) is 11.4 Å². The molecule has 0 aliphatic heterocycles. The van der Waals surface area contributed by atoms with Crippen molar-refractivity contribution in [1.82, 2.24) is 14.4 Å². The van der Waals surface area contributed by atoms with E-state index < -0.39 is 0 Å². The summed E-state index contributed by atoms with van der Waals surface area (Å²) in [6.45, 7) is 0. The fourth-order valence-electron chi connectivity index (χ4n) is 1.87. The third-order valence-corrected chi connectivity index (χ3v) is 3.27. The van der Waals surface area contributed by atoms with E-state index in [0.29, 0.717) is 11.5 Å². The first-order chi connectivity index (χ1) is 8.81. The van der Waals surface area contributed by atoms with Gasteiger partial charge < -0.3 is 0 Å². The van der Waals surface area contributed by atoms with Crippen LogP contribution in [0, 0.1) is 0 Å². The zero-order chi connectivity index (χ0) is 12.5. The molecule has 0 amide bonds. The van der Waals surface area contributed by atoms with Gasteiger partial charge in [0.05, 0.1) is 10.1 Å². The van der Waals surface area contributed by atoms with Gasteiger partial charge >= 0.3 is 0 Å². The lowest BCUT2D eigenvalue weighted by Gasteiger charge is -2.02. The van der Waals surface area contributed by atoms with E-state index in [9.17, 15) is 4.79 Å². The molecular weight excluding hydrogens is 294 g/mol. The minimum Gasteiger partial charge on any atom is -0.296 e. The predicted octanol–water partition coefficient (Wildman–Crippen LogP) is 2.97. The van der Waals surface area contributed by atoms with Crippen LogP contribution in [-0.2, 0) is 0 Å². The second kappa shape index (κ2) is 4.34. The lowest BCUT2D eigenvalue weighted by atomic mass is 10.3. The average molecular weight is 302 g/mol. The Balaban J connectivity index is 2.40. The number of rotatable bonds is 2. The Morgan fingerprint density at radius 2 is 2.06 bits per heavy atom. The topological polar surface area (TPSA) is 47.3 Å². The number of imidazole rings is 1. The summed E-state index contributed by atoms with van der Waals surface area (Å²) >= 11 is 3.47. The largest absolute Gasteiger partial charge is 0.296 e. The molecule has 0 aromatic carbocycles. The Labute approximate surface area is 111 Å². The van der Waals surface area contributed by atoms with Crippen LogP contribution in [0.5, 0.6) is 0 Å². The summed E-state index contributed by atoms with van der Waals surface area (Å²) in [5, 5.41) is 0. The second-order valence-corrected chi connectivity index (χ2v) is 4.54. The van der Waals surface area contributed by atoms with Gasteiger partial charge in [-0.05, 0) is 40.2 Å². The van der Waals surface area contributed by atoms with Gasteiger partial charge in [0, 0.05) is 6.20 Å². The highest BCUT2D eigenvalue weighted by Gasteiger charge is 2.14. The first-order valence-electron chi connectivity index (χ1n) is 5.35. The minimum atomic E-state index is 0.414. The molecule has 0 spiro atoms. The molecule has 0 N–H and O–H groups in total. The van der Waals surface area contributed by atoms with Gasteiger partial charge in [-0.2, -0.15) is 0 Å². The molecule has 0 bridgehead atoms. The van der Waals surface area contributed by atoms with Crippen LogP contribution in [0.15, 0.2) is 47.2 Å². The van der Waals surface area contributed by atoms with Crippen LogP contribution < -0.4 is 0 Å². The van der Waals surface area contributed by atoms with Gasteiger partial charge in [-0.15, -0.1) is 0 Å². The average Bonchev–Trinajstić information content (AvgIpc) is 2.80. The van der Waals surface area contributed by atoms with Crippen molar-refractivity contribution in [1.29, 1.82) is 0 Å². The Kier molecular flexibility index (Phi) is 2.68. The number of hydrogen-bond acceptors (Lipinski definition) is 3. The highest BCUT2D eigenvalue weighted by Crippen LogP contribution is 2.24. The third kappa shape index (κ3) is 1.64. The Hall–Kier alpha value is -2.01. The third-order valence-electron chi connectivity index (χ3n) is 2.65. The molecule has 3 rings (SSSR count). The molecule has 3 aromatic heterocycles. The van der Waals surface area contributed by atoms with Crippen LogP contribution in [0.4, 0.5) is 0 Å². The summed E-state index contributed by atoms with van der Waals surface area (Å²) < 4.78 is 2.70. The van der Waals surface area contributed by atoms with Gasteiger partial charge in [-0.3, -0.25) is 14.2 Å². The van der Waals surface area contributed by atoms with Crippen LogP contribution in [0.25, 0.3) is 17.0 Å². The quantitative estimate of drug-likeness (QED) is 0.540. The number of pyridine rings is 2. The number of fused-ring (bicyclic) bond motifs is 1. The highest BCUT2D eigenvalue weighted by molar-refractivity contribution is 9.10. The fourth-order valence-corrected chi connectivity index (χ4v) is 2.38. The fraction of sp³-hybridized carbons (Fsp3) is 0. The maximum Gasteiger partial charge on any atom is 0.170 e. The number of carbonyl (C=O) groups is 1. The normalized spacial score (nSPS) is 10.7. The molecule has 0 aliphatic carbocycles.